The molecule has 1 fully saturated rings. The highest BCUT2D eigenvalue weighted by Crippen LogP contribution is 2.23. The summed E-state index contributed by atoms with van der Waals surface area (Å²) in [5, 5.41) is 4.90. The summed E-state index contributed by atoms with van der Waals surface area (Å²) in [6.07, 6.45) is 3.71. The van der Waals surface area contributed by atoms with Crippen molar-refractivity contribution < 1.29 is 4.79 Å². The van der Waals surface area contributed by atoms with Crippen molar-refractivity contribution in [1.82, 2.24) is 19.9 Å². The minimum absolute atomic E-state index is 0.0455. The number of fused-ring (bicyclic) bond motifs is 1. The van der Waals surface area contributed by atoms with Gasteiger partial charge in [0, 0.05) is 24.7 Å². The maximum atomic E-state index is 11.8. The van der Waals surface area contributed by atoms with Gasteiger partial charge in [0.25, 0.3) is 0 Å². The van der Waals surface area contributed by atoms with Gasteiger partial charge in [-0.1, -0.05) is 36.2 Å². The molecule has 4 rings (SSSR count). The van der Waals surface area contributed by atoms with Crippen LogP contribution >= 0.6 is 11.6 Å². The third-order valence-corrected chi connectivity index (χ3v) is 4.98. The topological polar surface area (TPSA) is 73.9 Å². The molecule has 7 heteroatoms. The molecular weight excluding hydrogens is 374 g/mol. The van der Waals surface area contributed by atoms with E-state index in [0.29, 0.717) is 23.8 Å². The van der Waals surface area contributed by atoms with Crippen LogP contribution in [-0.4, -0.2) is 44.9 Å². The van der Waals surface area contributed by atoms with Gasteiger partial charge in [0.05, 0.1) is 16.1 Å². The molecule has 2 N–H and O–H groups in total. The van der Waals surface area contributed by atoms with Crippen molar-refractivity contribution in [2.45, 2.75) is 12.5 Å². The third-order valence-electron chi connectivity index (χ3n) is 4.65. The number of benzene rings is 1. The smallest absolute Gasteiger partial charge is 0.246 e. The van der Waals surface area contributed by atoms with Crippen LogP contribution in [0.1, 0.15) is 17.7 Å². The van der Waals surface area contributed by atoms with E-state index in [1.807, 2.05) is 30.3 Å². The quantitative estimate of drug-likeness (QED) is 0.531. The lowest BCUT2D eigenvalue weighted by Gasteiger charge is -2.15. The van der Waals surface area contributed by atoms with E-state index < -0.39 is 0 Å². The molecule has 0 saturated carbocycles. The van der Waals surface area contributed by atoms with Crippen LogP contribution in [0.4, 0.5) is 5.82 Å². The number of nitrogens with one attached hydrogen (secondary N) is 2. The molecule has 1 aliphatic rings. The van der Waals surface area contributed by atoms with Crippen LogP contribution in [0.2, 0.25) is 5.02 Å². The molecule has 1 aliphatic heterocycles. The lowest BCUT2D eigenvalue weighted by atomic mass is 10.2. The summed E-state index contributed by atoms with van der Waals surface area (Å²) in [7, 11) is 0. The number of hydrogen-bond donors (Lipinski definition) is 2. The van der Waals surface area contributed by atoms with Gasteiger partial charge in [-0.25, -0.2) is 9.97 Å². The molecule has 1 amide bonds. The Labute approximate surface area is 167 Å². The average Bonchev–Trinajstić information content (AvgIpc) is 3.34. The monoisotopic (exact) mass is 391 g/mol. The Balaban J connectivity index is 1.56. The number of likely N-dealkylation sites (tertiary alicyclic amines) is 1. The Morgan fingerprint density at radius 3 is 3.04 bits per heavy atom. The number of rotatable bonds is 3. The van der Waals surface area contributed by atoms with E-state index in [9.17, 15) is 4.79 Å². The first-order chi connectivity index (χ1) is 13.6. The number of amides is 1. The number of carbonyl (C=O) groups excluding carboxylic acids is 1. The third kappa shape index (κ3) is 3.71. The highest BCUT2D eigenvalue weighted by Gasteiger charge is 2.25. The minimum Gasteiger partial charge on any atom is -0.365 e. The molecule has 1 atom stereocenters. The van der Waals surface area contributed by atoms with Crippen LogP contribution in [0.25, 0.3) is 11.0 Å². The highest BCUT2D eigenvalue weighted by atomic mass is 35.5. The minimum atomic E-state index is -0.0455. The van der Waals surface area contributed by atoms with E-state index in [1.54, 1.807) is 4.90 Å². The van der Waals surface area contributed by atoms with Crippen LogP contribution in [0.3, 0.4) is 0 Å². The largest absolute Gasteiger partial charge is 0.365 e. The second-order valence-electron chi connectivity index (χ2n) is 6.52. The number of nitrogens with zero attached hydrogens (tertiary/aromatic N) is 3. The summed E-state index contributed by atoms with van der Waals surface area (Å²) < 4.78 is 0. The van der Waals surface area contributed by atoms with Crippen molar-refractivity contribution in [1.29, 1.82) is 0 Å². The molecular formula is C21H18ClN5O. The molecule has 1 saturated heterocycles. The van der Waals surface area contributed by atoms with Gasteiger partial charge in [-0.15, -0.1) is 0 Å². The van der Waals surface area contributed by atoms with Crippen molar-refractivity contribution in [2.24, 2.45) is 0 Å². The number of H-pyrrole nitrogens is 1. The summed E-state index contributed by atoms with van der Waals surface area (Å²) in [6.45, 7) is 4.88. The zero-order valence-electron chi connectivity index (χ0n) is 15.1. The van der Waals surface area contributed by atoms with Gasteiger partial charge in [-0.05, 0) is 36.6 Å². The summed E-state index contributed by atoms with van der Waals surface area (Å²) >= 11 is 6.15. The fourth-order valence-electron chi connectivity index (χ4n) is 3.22. The second kappa shape index (κ2) is 7.75. The van der Waals surface area contributed by atoms with Crippen LogP contribution in [0, 0.1) is 11.8 Å². The Morgan fingerprint density at radius 1 is 1.36 bits per heavy atom. The fourth-order valence-corrected chi connectivity index (χ4v) is 3.40. The predicted molar refractivity (Wildman–Crippen MR) is 110 cm³/mol. The maximum Gasteiger partial charge on any atom is 0.246 e. The van der Waals surface area contributed by atoms with E-state index in [2.05, 4.69) is 38.7 Å². The SMILES string of the molecule is C=CC(=O)N1CCC(Nc2ncnc3[nH]c(C#Cc4ccccc4Cl)cc23)C1. The van der Waals surface area contributed by atoms with Crippen LogP contribution in [-0.2, 0) is 4.79 Å². The van der Waals surface area contributed by atoms with Gasteiger partial charge in [-0.2, -0.15) is 0 Å². The number of carbonyl (C=O) groups is 1. The zero-order chi connectivity index (χ0) is 19.5. The predicted octanol–water partition coefficient (Wildman–Crippen LogP) is 3.21. The summed E-state index contributed by atoms with van der Waals surface area (Å²) in [5.74, 6) is 6.85. The van der Waals surface area contributed by atoms with E-state index in [4.69, 9.17) is 11.6 Å². The fraction of sp³-hybridized carbons (Fsp3) is 0.190. The van der Waals surface area contributed by atoms with Crippen molar-refractivity contribution in [3.05, 3.63) is 65.6 Å². The number of halogens is 1. The Hall–Kier alpha value is -3.30. The van der Waals surface area contributed by atoms with E-state index in [0.717, 1.165) is 28.9 Å². The summed E-state index contributed by atoms with van der Waals surface area (Å²) in [4.78, 5) is 25.4. The first kappa shape index (κ1) is 18.1. The number of anilines is 1. The van der Waals surface area contributed by atoms with Gasteiger partial charge in [0.15, 0.2) is 0 Å². The molecule has 0 spiro atoms. The Morgan fingerprint density at radius 2 is 2.21 bits per heavy atom. The van der Waals surface area contributed by atoms with Gasteiger partial charge in [-0.3, -0.25) is 4.79 Å². The number of aromatic nitrogens is 3. The molecule has 0 radical (unpaired) electrons. The van der Waals surface area contributed by atoms with Gasteiger partial charge >= 0.3 is 0 Å². The van der Waals surface area contributed by atoms with Crippen LogP contribution in [0.15, 0.2) is 49.3 Å². The second-order valence-corrected chi connectivity index (χ2v) is 6.92. The van der Waals surface area contributed by atoms with E-state index >= 15 is 0 Å². The zero-order valence-corrected chi connectivity index (χ0v) is 15.8. The summed E-state index contributed by atoms with van der Waals surface area (Å²) in [5.41, 5.74) is 2.21. The lowest BCUT2D eigenvalue weighted by Crippen LogP contribution is -2.30. The molecule has 1 unspecified atom stereocenters. The van der Waals surface area contributed by atoms with Crippen LogP contribution in [0.5, 0.6) is 0 Å². The van der Waals surface area contributed by atoms with Gasteiger partial charge in [0.2, 0.25) is 5.91 Å². The Bertz CT molecular complexity index is 1110. The van der Waals surface area contributed by atoms with Crippen molar-refractivity contribution in [3.63, 3.8) is 0 Å². The molecule has 0 aliphatic carbocycles. The van der Waals surface area contributed by atoms with Crippen LogP contribution < -0.4 is 5.32 Å². The molecule has 140 valence electrons. The van der Waals surface area contributed by atoms with E-state index in [1.165, 1.54) is 12.4 Å². The standard InChI is InChI=1S/C21H18ClN5O/c1-2-19(28)27-10-9-16(12-27)26-21-17-11-15(25-20(17)23-13-24-21)8-7-14-5-3-4-6-18(14)22/h2-6,11,13,16H,1,9-10,12H2,(H2,23,24,25,26). The normalized spacial score (nSPS) is 15.9. The molecule has 28 heavy (non-hydrogen) atoms. The maximum absolute atomic E-state index is 11.8. The summed E-state index contributed by atoms with van der Waals surface area (Å²) in [6, 6.07) is 9.51. The molecule has 3 aromatic rings. The van der Waals surface area contributed by atoms with Crippen molar-refractivity contribution >= 4 is 34.4 Å². The van der Waals surface area contributed by atoms with Gasteiger partial charge in [0.1, 0.15) is 17.8 Å². The first-order valence-electron chi connectivity index (χ1n) is 8.92. The molecule has 1 aromatic carbocycles. The number of aromatic amines is 1. The van der Waals surface area contributed by atoms with E-state index in [-0.39, 0.29) is 11.9 Å². The Kier molecular flexibility index (Phi) is 5.00. The van der Waals surface area contributed by atoms with Crippen molar-refractivity contribution in [2.75, 3.05) is 18.4 Å². The highest BCUT2D eigenvalue weighted by molar-refractivity contribution is 6.31. The first-order valence-corrected chi connectivity index (χ1v) is 9.30. The molecule has 0 bridgehead atoms. The lowest BCUT2D eigenvalue weighted by molar-refractivity contribution is -0.125. The van der Waals surface area contributed by atoms with Crippen molar-refractivity contribution in [3.8, 4) is 11.8 Å². The molecule has 2 aromatic heterocycles. The molecule has 3 heterocycles. The average molecular weight is 392 g/mol. The molecule has 6 nitrogen and oxygen atoms in total. The van der Waals surface area contributed by atoms with Gasteiger partial charge < -0.3 is 15.2 Å². The number of hydrogen-bond acceptors (Lipinski definition) is 4.